The van der Waals surface area contributed by atoms with Gasteiger partial charge in [-0.05, 0) is 56.6 Å². The molecule has 1 aromatic heterocycles. The van der Waals surface area contributed by atoms with Gasteiger partial charge in [0.15, 0.2) is 0 Å². The molecule has 1 aromatic carbocycles. The summed E-state index contributed by atoms with van der Waals surface area (Å²) < 4.78 is 14.8. The maximum atomic E-state index is 13.0. The third kappa shape index (κ3) is 3.79. The van der Waals surface area contributed by atoms with Gasteiger partial charge in [-0.3, -0.25) is 0 Å². The Bertz CT molecular complexity index is 637. The number of piperidine rings is 1. The lowest BCUT2D eigenvalue weighted by molar-refractivity contribution is 0.121. The Morgan fingerprint density at radius 2 is 1.96 bits per heavy atom. The van der Waals surface area contributed by atoms with Crippen molar-refractivity contribution in [3.05, 3.63) is 48.0 Å². The first-order valence-corrected chi connectivity index (χ1v) is 8.27. The van der Waals surface area contributed by atoms with E-state index in [1.807, 2.05) is 12.3 Å². The molecule has 0 radical (unpaired) electrons. The molecular formula is C18H25FN4. The fourth-order valence-corrected chi connectivity index (χ4v) is 3.25. The molecule has 0 aliphatic carbocycles. The molecule has 5 heteroatoms. The van der Waals surface area contributed by atoms with E-state index in [4.69, 9.17) is 0 Å². The van der Waals surface area contributed by atoms with Crippen LogP contribution in [0.1, 0.15) is 26.0 Å². The van der Waals surface area contributed by atoms with Crippen LogP contribution in [0.3, 0.4) is 0 Å². The summed E-state index contributed by atoms with van der Waals surface area (Å²) in [5.74, 6) is 0.406. The standard InChI is InChI=1S/C18H25FN4/c1-13-12-22(3)14(2)10-18(13)20-11-16-8-9-23(21-16)17-6-4-15(19)5-7-17/h4-9,13-14,18,20H,10-12H2,1-3H3/t13-,14-,18+/m1/s1. The van der Waals surface area contributed by atoms with Crippen LogP contribution in [0, 0.1) is 11.7 Å². The summed E-state index contributed by atoms with van der Waals surface area (Å²) >= 11 is 0. The zero-order valence-corrected chi connectivity index (χ0v) is 14.0. The Balaban J connectivity index is 1.60. The van der Waals surface area contributed by atoms with Crippen molar-refractivity contribution in [1.29, 1.82) is 0 Å². The van der Waals surface area contributed by atoms with Crippen molar-refractivity contribution in [3.63, 3.8) is 0 Å². The second kappa shape index (κ2) is 6.81. The van der Waals surface area contributed by atoms with Crippen LogP contribution in [0.15, 0.2) is 36.5 Å². The van der Waals surface area contributed by atoms with Gasteiger partial charge < -0.3 is 10.2 Å². The average molecular weight is 316 g/mol. The first kappa shape index (κ1) is 16.1. The predicted molar refractivity (Wildman–Crippen MR) is 90.0 cm³/mol. The molecule has 2 heterocycles. The normalized spacial score (nSPS) is 25.7. The van der Waals surface area contributed by atoms with E-state index in [-0.39, 0.29) is 5.82 Å². The molecule has 3 atom stereocenters. The summed E-state index contributed by atoms with van der Waals surface area (Å²) in [4.78, 5) is 2.42. The van der Waals surface area contributed by atoms with E-state index in [1.54, 1.807) is 16.8 Å². The second-order valence-corrected chi connectivity index (χ2v) is 6.72. The summed E-state index contributed by atoms with van der Waals surface area (Å²) in [6, 6.07) is 9.53. The molecule has 2 aromatic rings. The van der Waals surface area contributed by atoms with E-state index in [9.17, 15) is 4.39 Å². The molecule has 3 rings (SSSR count). The highest BCUT2D eigenvalue weighted by atomic mass is 19.1. The van der Waals surface area contributed by atoms with Crippen molar-refractivity contribution in [3.8, 4) is 5.69 Å². The fourth-order valence-electron chi connectivity index (χ4n) is 3.25. The van der Waals surface area contributed by atoms with Gasteiger partial charge in [-0.1, -0.05) is 6.92 Å². The van der Waals surface area contributed by atoms with E-state index in [2.05, 4.69) is 36.2 Å². The van der Waals surface area contributed by atoms with Crippen LogP contribution in [0.25, 0.3) is 5.69 Å². The van der Waals surface area contributed by atoms with Gasteiger partial charge in [0.2, 0.25) is 0 Å². The van der Waals surface area contributed by atoms with Gasteiger partial charge in [0, 0.05) is 31.4 Å². The third-order valence-corrected chi connectivity index (χ3v) is 4.89. The van der Waals surface area contributed by atoms with E-state index in [1.165, 1.54) is 12.1 Å². The fraction of sp³-hybridized carbons (Fsp3) is 0.500. The third-order valence-electron chi connectivity index (χ3n) is 4.89. The van der Waals surface area contributed by atoms with Crippen LogP contribution in [-0.2, 0) is 6.54 Å². The molecule has 0 unspecified atom stereocenters. The lowest BCUT2D eigenvalue weighted by Crippen LogP contribution is -2.50. The topological polar surface area (TPSA) is 33.1 Å². The Kier molecular flexibility index (Phi) is 4.78. The summed E-state index contributed by atoms with van der Waals surface area (Å²) in [5.41, 5.74) is 1.88. The molecule has 124 valence electrons. The quantitative estimate of drug-likeness (QED) is 0.941. The van der Waals surface area contributed by atoms with Gasteiger partial charge in [0.05, 0.1) is 11.4 Å². The van der Waals surface area contributed by atoms with Crippen LogP contribution in [-0.4, -0.2) is 40.4 Å². The maximum absolute atomic E-state index is 13.0. The van der Waals surface area contributed by atoms with Crippen molar-refractivity contribution in [2.75, 3.05) is 13.6 Å². The number of nitrogens with zero attached hydrogens (tertiary/aromatic N) is 3. The number of likely N-dealkylation sites (tertiary alicyclic amines) is 1. The van der Waals surface area contributed by atoms with E-state index < -0.39 is 0 Å². The molecule has 1 fully saturated rings. The number of hydrogen-bond acceptors (Lipinski definition) is 3. The summed E-state index contributed by atoms with van der Waals surface area (Å²) in [6.07, 6.45) is 3.08. The number of nitrogens with one attached hydrogen (secondary N) is 1. The molecule has 0 bridgehead atoms. The largest absolute Gasteiger partial charge is 0.308 e. The van der Waals surface area contributed by atoms with Gasteiger partial charge in [-0.2, -0.15) is 5.10 Å². The smallest absolute Gasteiger partial charge is 0.123 e. The molecule has 1 aliphatic heterocycles. The number of rotatable bonds is 4. The monoisotopic (exact) mass is 316 g/mol. The van der Waals surface area contributed by atoms with Crippen LogP contribution in [0.5, 0.6) is 0 Å². The van der Waals surface area contributed by atoms with Gasteiger partial charge in [0.1, 0.15) is 5.82 Å². The molecule has 4 nitrogen and oxygen atoms in total. The van der Waals surface area contributed by atoms with Gasteiger partial charge >= 0.3 is 0 Å². The first-order chi connectivity index (χ1) is 11.0. The number of halogens is 1. The predicted octanol–water partition coefficient (Wildman–Crippen LogP) is 2.83. The van der Waals surface area contributed by atoms with Crippen LogP contribution < -0.4 is 5.32 Å². The lowest BCUT2D eigenvalue weighted by Gasteiger charge is -2.40. The van der Waals surface area contributed by atoms with Crippen molar-refractivity contribution in [2.45, 2.75) is 38.9 Å². The van der Waals surface area contributed by atoms with Crippen molar-refractivity contribution in [2.24, 2.45) is 5.92 Å². The van der Waals surface area contributed by atoms with Crippen LogP contribution >= 0.6 is 0 Å². The highest BCUT2D eigenvalue weighted by Crippen LogP contribution is 2.21. The molecule has 0 amide bonds. The van der Waals surface area contributed by atoms with Crippen LogP contribution in [0.4, 0.5) is 4.39 Å². The maximum Gasteiger partial charge on any atom is 0.123 e. The molecule has 0 spiro atoms. The molecule has 0 saturated carbocycles. The highest BCUT2D eigenvalue weighted by Gasteiger charge is 2.28. The summed E-state index contributed by atoms with van der Waals surface area (Å²) in [7, 11) is 2.20. The molecular weight excluding hydrogens is 291 g/mol. The molecule has 23 heavy (non-hydrogen) atoms. The highest BCUT2D eigenvalue weighted by molar-refractivity contribution is 5.31. The molecule has 1 N–H and O–H groups in total. The zero-order chi connectivity index (χ0) is 16.4. The summed E-state index contributed by atoms with van der Waals surface area (Å²) in [6.45, 7) is 6.48. The second-order valence-electron chi connectivity index (χ2n) is 6.72. The Morgan fingerprint density at radius 1 is 1.22 bits per heavy atom. The van der Waals surface area contributed by atoms with Crippen molar-refractivity contribution >= 4 is 0 Å². The number of benzene rings is 1. The lowest BCUT2D eigenvalue weighted by atomic mass is 9.90. The van der Waals surface area contributed by atoms with E-state index in [0.717, 1.165) is 30.9 Å². The van der Waals surface area contributed by atoms with E-state index >= 15 is 0 Å². The average Bonchev–Trinajstić information content (AvgIpc) is 2.99. The minimum atomic E-state index is -0.229. The van der Waals surface area contributed by atoms with Crippen LogP contribution in [0.2, 0.25) is 0 Å². The Morgan fingerprint density at radius 3 is 2.70 bits per heavy atom. The number of aromatic nitrogens is 2. The molecule has 1 saturated heterocycles. The summed E-state index contributed by atoms with van der Waals surface area (Å²) in [5, 5.41) is 8.22. The van der Waals surface area contributed by atoms with Gasteiger partial charge in [-0.25, -0.2) is 9.07 Å². The Labute approximate surface area is 137 Å². The first-order valence-electron chi connectivity index (χ1n) is 8.27. The van der Waals surface area contributed by atoms with Gasteiger partial charge in [0.25, 0.3) is 0 Å². The number of hydrogen-bond donors (Lipinski definition) is 1. The minimum absolute atomic E-state index is 0.229. The minimum Gasteiger partial charge on any atom is -0.308 e. The zero-order valence-electron chi connectivity index (χ0n) is 14.0. The SMILES string of the molecule is C[C@@H]1CN(C)[C@H](C)C[C@@H]1NCc1ccn(-c2ccc(F)cc2)n1. The van der Waals surface area contributed by atoms with E-state index in [0.29, 0.717) is 18.0 Å². The Hall–Kier alpha value is -1.72. The van der Waals surface area contributed by atoms with Crippen molar-refractivity contribution in [1.82, 2.24) is 20.0 Å². The van der Waals surface area contributed by atoms with Crippen molar-refractivity contribution < 1.29 is 4.39 Å². The molecule has 1 aliphatic rings. The van der Waals surface area contributed by atoms with Gasteiger partial charge in [-0.15, -0.1) is 0 Å².